The number of rotatable bonds is 4. The molecule has 0 amide bonds. The van der Waals surface area contributed by atoms with E-state index in [0.29, 0.717) is 33.3 Å². The van der Waals surface area contributed by atoms with Crippen molar-refractivity contribution < 1.29 is 14.3 Å². The Hall–Kier alpha value is -3.77. The Bertz CT molecular complexity index is 1310. The Labute approximate surface area is 171 Å². The normalized spacial score (nSPS) is 12.1. The first kappa shape index (κ1) is 19.5. The van der Waals surface area contributed by atoms with Crippen LogP contribution in [-0.4, -0.2) is 15.5 Å². The predicted molar refractivity (Wildman–Crippen MR) is 114 cm³/mol. The molecule has 1 atom stereocenters. The van der Waals surface area contributed by atoms with Crippen molar-refractivity contribution in [3.05, 3.63) is 100 Å². The predicted octanol–water partition coefficient (Wildman–Crippen LogP) is 4.49. The van der Waals surface area contributed by atoms with Gasteiger partial charge in [-0.1, -0.05) is 42.5 Å². The van der Waals surface area contributed by atoms with Crippen LogP contribution in [0.1, 0.15) is 28.9 Å². The molecule has 3 N–H and O–H groups in total. The summed E-state index contributed by atoms with van der Waals surface area (Å²) in [4.78, 5) is 24.6. The van der Waals surface area contributed by atoms with E-state index in [9.17, 15) is 19.1 Å². The first-order valence-electron chi connectivity index (χ1n) is 9.41. The summed E-state index contributed by atoms with van der Waals surface area (Å²) in [5.74, 6) is -1.57. The Morgan fingerprint density at radius 1 is 0.967 bits per heavy atom. The van der Waals surface area contributed by atoms with E-state index in [1.54, 1.807) is 19.1 Å². The molecule has 0 saturated heterocycles. The molecule has 0 spiro atoms. The van der Waals surface area contributed by atoms with E-state index in [-0.39, 0.29) is 11.1 Å². The second-order valence-electron chi connectivity index (χ2n) is 7.11. The van der Waals surface area contributed by atoms with E-state index in [1.165, 1.54) is 28.7 Å². The lowest BCUT2D eigenvalue weighted by molar-refractivity contribution is 0.0697. The maximum atomic E-state index is 14.0. The highest BCUT2D eigenvalue weighted by Crippen LogP contribution is 2.37. The van der Waals surface area contributed by atoms with Crippen molar-refractivity contribution >= 4 is 11.5 Å². The van der Waals surface area contributed by atoms with E-state index in [1.807, 2.05) is 30.3 Å². The molecular weight excluding hydrogens is 383 g/mol. The number of hydrogen-bond acceptors (Lipinski definition) is 3. The highest BCUT2D eigenvalue weighted by atomic mass is 19.1. The van der Waals surface area contributed by atoms with Crippen LogP contribution in [0.5, 0.6) is 0 Å². The third-order valence-electron chi connectivity index (χ3n) is 5.08. The minimum absolute atomic E-state index is 0.146. The number of hydrogen-bond donors (Lipinski definition) is 2. The molecule has 4 rings (SSSR count). The summed E-state index contributed by atoms with van der Waals surface area (Å²) in [6, 6.07) is 17.8. The third-order valence-corrected chi connectivity index (χ3v) is 5.08. The zero-order chi connectivity index (χ0) is 21.4. The zero-order valence-electron chi connectivity index (χ0n) is 16.2. The van der Waals surface area contributed by atoms with Gasteiger partial charge in [0, 0.05) is 17.8 Å². The molecule has 5 nitrogen and oxygen atoms in total. The van der Waals surface area contributed by atoms with Crippen molar-refractivity contribution in [2.45, 2.75) is 13.0 Å². The fourth-order valence-corrected chi connectivity index (χ4v) is 3.77. The highest BCUT2D eigenvalue weighted by Gasteiger charge is 2.23. The van der Waals surface area contributed by atoms with Gasteiger partial charge in [-0.25, -0.2) is 9.18 Å². The SMILES string of the molecule is CC(N)c1c(-c2ccccc2)c(=O)n2cc(F)ccc2c1-c1ccc(C(=O)O)cc1. The number of pyridine rings is 2. The number of aromatic carboxylic acids is 1. The Morgan fingerprint density at radius 3 is 2.20 bits per heavy atom. The summed E-state index contributed by atoms with van der Waals surface area (Å²) < 4.78 is 15.3. The second-order valence-corrected chi connectivity index (χ2v) is 7.11. The summed E-state index contributed by atoms with van der Waals surface area (Å²) in [7, 11) is 0. The van der Waals surface area contributed by atoms with Crippen LogP contribution < -0.4 is 11.3 Å². The van der Waals surface area contributed by atoms with Crippen LogP contribution in [0.4, 0.5) is 4.39 Å². The van der Waals surface area contributed by atoms with E-state index < -0.39 is 17.8 Å². The smallest absolute Gasteiger partial charge is 0.335 e. The van der Waals surface area contributed by atoms with Gasteiger partial charge in [0.15, 0.2) is 0 Å². The van der Waals surface area contributed by atoms with E-state index in [0.717, 1.165) is 6.20 Å². The number of aromatic nitrogens is 1. The van der Waals surface area contributed by atoms with E-state index in [4.69, 9.17) is 5.73 Å². The number of carbonyl (C=O) groups is 1. The van der Waals surface area contributed by atoms with Crippen LogP contribution in [0.15, 0.2) is 77.7 Å². The van der Waals surface area contributed by atoms with Gasteiger partial charge in [-0.15, -0.1) is 0 Å². The van der Waals surface area contributed by atoms with Crippen LogP contribution in [0, 0.1) is 5.82 Å². The Morgan fingerprint density at radius 2 is 1.60 bits per heavy atom. The van der Waals surface area contributed by atoms with Gasteiger partial charge in [-0.3, -0.25) is 9.20 Å². The fraction of sp³-hybridized carbons (Fsp3) is 0.0833. The highest BCUT2D eigenvalue weighted by molar-refractivity contribution is 5.92. The molecule has 1 unspecified atom stereocenters. The molecule has 0 aliphatic carbocycles. The largest absolute Gasteiger partial charge is 0.478 e. The minimum atomic E-state index is -1.03. The number of carboxylic acid groups (broad SMARTS) is 1. The summed E-state index contributed by atoms with van der Waals surface area (Å²) >= 11 is 0. The monoisotopic (exact) mass is 402 g/mol. The van der Waals surface area contributed by atoms with Gasteiger partial charge in [0.2, 0.25) is 0 Å². The van der Waals surface area contributed by atoms with Crippen LogP contribution in [0.25, 0.3) is 27.8 Å². The summed E-state index contributed by atoms with van der Waals surface area (Å²) in [5, 5.41) is 9.21. The van der Waals surface area contributed by atoms with Gasteiger partial charge < -0.3 is 10.8 Å². The molecule has 0 aliphatic rings. The molecule has 0 radical (unpaired) electrons. The molecule has 0 aliphatic heterocycles. The Balaban J connectivity index is 2.17. The summed E-state index contributed by atoms with van der Waals surface area (Å²) in [5.41, 5.74) is 9.67. The maximum Gasteiger partial charge on any atom is 0.335 e. The van der Waals surface area contributed by atoms with Crippen molar-refractivity contribution in [2.75, 3.05) is 0 Å². The van der Waals surface area contributed by atoms with Crippen molar-refractivity contribution in [3.8, 4) is 22.3 Å². The van der Waals surface area contributed by atoms with Gasteiger partial charge in [0.1, 0.15) is 5.82 Å². The number of nitrogens with two attached hydrogens (primary N) is 1. The maximum absolute atomic E-state index is 14.0. The average molecular weight is 402 g/mol. The standard InChI is InChI=1S/C24H19FN2O3/c1-14(26)20-21(16-7-9-17(10-8-16)24(29)30)19-12-11-18(25)13-27(19)23(28)22(20)15-5-3-2-4-6-15/h2-14H,26H2,1H3,(H,29,30). The second kappa shape index (κ2) is 7.57. The van der Waals surface area contributed by atoms with Crippen LogP contribution >= 0.6 is 0 Å². The number of benzene rings is 2. The van der Waals surface area contributed by atoms with Gasteiger partial charge in [0.05, 0.1) is 16.6 Å². The van der Waals surface area contributed by atoms with Crippen LogP contribution in [0.3, 0.4) is 0 Å². The van der Waals surface area contributed by atoms with Crippen molar-refractivity contribution in [3.63, 3.8) is 0 Å². The molecule has 2 aromatic carbocycles. The van der Waals surface area contributed by atoms with Gasteiger partial charge in [-0.05, 0) is 47.9 Å². The molecular formula is C24H19FN2O3. The molecule has 2 heterocycles. The van der Waals surface area contributed by atoms with Crippen LogP contribution in [0.2, 0.25) is 0 Å². The summed E-state index contributed by atoms with van der Waals surface area (Å²) in [6.45, 7) is 1.79. The molecule has 150 valence electrons. The number of fused-ring (bicyclic) bond motifs is 1. The van der Waals surface area contributed by atoms with Gasteiger partial charge in [0.25, 0.3) is 5.56 Å². The van der Waals surface area contributed by atoms with E-state index >= 15 is 0 Å². The van der Waals surface area contributed by atoms with Crippen molar-refractivity contribution in [1.29, 1.82) is 0 Å². The topological polar surface area (TPSA) is 84.8 Å². The lowest BCUT2D eigenvalue weighted by Gasteiger charge is -2.21. The average Bonchev–Trinajstić information content (AvgIpc) is 2.74. The van der Waals surface area contributed by atoms with Gasteiger partial charge >= 0.3 is 5.97 Å². The molecule has 4 aromatic rings. The Kier molecular flexibility index (Phi) is 4.93. The van der Waals surface area contributed by atoms with Crippen molar-refractivity contribution in [2.24, 2.45) is 5.73 Å². The lowest BCUT2D eigenvalue weighted by atomic mass is 9.88. The molecule has 2 aromatic heterocycles. The summed E-state index contributed by atoms with van der Waals surface area (Å²) in [6.07, 6.45) is 1.16. The zero-order valence-corrected chi connectivity index (χ0v) is 16.2. The minimum Gasteiger partial charge on any atom is -0.478 e. The van der Waals surface area contributed by atoms with Crippen molar-refractivity contribution in [1.82, 2.24) is 4.40 Å². The number of halogens is 1. The third kappa shape index (κ3) is 3.27. The molecule has 6 heteroatoms. The quantitative estimate of drug-likeness (QED) is 0.527. The molecule has 30 heavy (non-hydrogen) atoms. The number of nitrogens with zero attached hydrogens (tertiary/aromatic N) is 1. The first-order valence-corrected chi connectivity index (χ1v) is 9.41. The number of carboxylic acids is 1. The molecule has 0 bridgehead atoms. The van der Waals surface area contributed by atoms with E-state index in [2.05, 4.69) is 0 Å². The molecule has 0 saturated carbocycles. The van der Waals surface area contributed by atoms with Gasteiger partial charge in [-0.2, -0.15) is 0 Å². The molecule has 0 fully saturated rings. The van der Waals surface area contributed by atoms with Crippen LogP contribution in [-0.2, 0) is 0 Å². The lowest BCUT2D eigenvalue weighted by Crippen LogP contribution is -2.23. The first-order chi connectivity index (χ1) is 14.4. The fourth-order valence-electron chi connectivity index (χ4n) is 3.77.